The maximum absolute atomic E-state index is 12.5. The summed E-state index contributed by atoms with van der Waals surface area (Å²) in [5.41, 5.74) is 0.916. The third-order valence-electron chi connectivity index (χ3n) is 4.66. The Morgan fingerprint density at radius 2 is 1.91 bits per heavy atom. The molecule has 1 atom stereocenters. The predicted octanol–water partition coefficient (Wildman–Crippen LogP) is 3.86. The minimum atomic E-state index is -0.545. The lowest BCUT2D eigenvalue weighted by Gasteiger charge is -2.28. The second kappa shape index (κ2) is 12.4. The number of ketones is 1. The quantitative estimate of drug-likeness (QED) is 0.176. The molecule has 0 heterocycles. The van der Waals surface area contributed by atoms with Crippen LogP contribution in [-0.2, 0) is 19.1 Å². The predicted molar refractivity (Wildman–Crippen MR) is 127 cm³/mol. The van der Waals surface area contributed by atoms with E-state index in [1.54, 1.807) is 43.4 Å². The van der Waals surface area contributed by atoms with E-state index in [1.165, 1.54) is 20.1 Å². The van der Waals surface area contributed by atoms with Gasteiger partial charge in [0.05, 0.1) is 12.7 Å². The Labute approximate surface area is 195 Å². The number of carbonyl (C=O) groups is 3. The van der Waals surface area contributed by atoms with Crippen molar-refractivity contribution in [3.05, 3.63) is 52.4 Å². The van der Waals surface area contributed by atoms with Gasteiger partial charge in [-0.25, -0.2) is 0 Å². The minimum Gasteiger partial charge on any atom is -0.495 e. The second-order valence-corrected chi connectivity index (χ2v) is 8.64. The lowest BCUT2D eigenvalue weighted by molar-refractivity contribution is -0.126. The number of ether oxygens (including phenoxy) is 2. The normalized spacial score (nSPS) is 13.4. The van der Waals surface area contributed by atoms with Crippen LogP contribution in [0.25, 0.3) is 5.57 Å². The van der Waals surface area contributed by atoms with Crippen LogP contribution in [0.3, 0.4) is 0 Å². The number of carbonyl (C=O) groups excluding carboxylic acids is 3. The number of rotatable bonds is 11. The molecule has 1 rings (SSSR count). The fourth-order valence-electron chi connectivity index (χ4n) is 3.09. The van der Waals surface area contributed by atoms with E-state index >= 15 is 0 Å². The number of methoxy groups -OCH3 is 1. The van der Waals surface area contributed by atoms with Gasteiger partial charge in [0, 0.05) is 49.5 Å². The van der Waals surface area contributed by atoms with Gasteiger partial charge in [0.15, 0.2) is 5.78 Å². The number of benzene rings is 1. The lowest BCUT2D eigenvalue weighted by Crippen LogP contribution is -2.43. The maximum Gasteiger partial charge on any atom is 0.242 e. The number of amides is 1. The van der Waals surface area contributed by atoms with Crippen molar-refractivity contribution in [2.75, 3.05) is 27.8 Å². The van der Waals surface area contributed by atoms with Crippen molar-refractivity contribution >= 4 is 35.2 Å². The van der Waals surface area contributed by atoms with Crippen LogP contribution < -0.4 is 5.32 Å². The summed E-state index contributed by atoms with van der Waals surface area (Å²) >= 11 is 6.16. The van der Waals surface area contributed by atoms with E-state index in [-0.39, 0.29) is 17.3 Å². The molecule has 176 valence electrons. The minimum absolute atomic E-state index is 0.181. The van der Waals surface area contributed by atoms with Gasteiger partial charge in [-0.1, -0.05) is 11.6 Å². The van der Waals surface area contributed by atoms with Crippen molar-refractivity contribution in [1.29, 1.82) is 0 Å². The topological polar surface area (TPSA) is 84.9 Å². The number of halogens is 1. The van der Waals surface area contributed by atoms with E-state index in [0.717, 1.165) is 0 Å². The molecular weight excluding hydrogens is 432 g/mol. The summed E-state index contributed by atoms with van der Waals surface area (Å²) in [6, 6.07) is 4.27. The number of nitrogens with zero attached hydrogens (tertiary/aromatic N) is 1. The largest absolute Gasteiger partial charge is 0.495 e. The molecule has 32 heavy (non-hydrogen) atoms. The van der Waals surface area contributed by atoms with E-state index in [2.05, 4.69) is 5.32 Å². The lowest BCUT2D eigenvalue weighted by atomic mass is 9.96. The Kier molecular flexibility index (Phi) is 10.6. The fourth-order valence-corrected chi connectivity index (χ4v) is 3.26. The summed E-state index contributed by atoms with van der Waals surface area (Å²) in [6.45, 7) is 7.65. The van der Waals surface area contributed by atoms with E-state index in [9.17, 15) is 14.4 Å². The molecule has 0 saturated carbocycles. The van der Waals surface area contributed by atoms with Crippen molar-refractivity contribution in [3.63, 3.8) is 0 Å². The number of hydrogen-bond donors (Lipinski definition) is 1. The third-order valence-corrected chi connectivity index (χ3v) is 4.89. The first-order valence-electron chi connectivity index (χ1n) is 10.2. The number of nitrogens with one attached hydrogen (secondary N) is 1. The Balaban J connectivity index is 3.39. The number of Topliss-reactive ketones (excluding diaryl/α,β-unsaturated/α-hetero) is 1. The van der Waals surface area contributed by atoms with Gasteiger partial charge in [-0.15, -0.1) is 0 Å². The number of likely N-dealkylation sites (N-methyl/N-ethyl adjacent to an activating group) is 2. The smallest absolute Gasteiger partial charge is 0.242 e. The molecule has 7 nitrogen and oxygen atoms in total. The van der Waals surface area contributed by atoms with Crippen LogP contribution in [0.5, 0.6) is 0 Å². The Hall–Kier alpha value is -2.64. The Morgan fingerprint density at radius 1 is 1.25 bits per heavy atom. The molecule has 0 aliphatic carbocycles. The molecular formula is C24H33ClN2O5. The zero-order chi connectivity index (χ0) is 24.5. The number of aldehydes is 1. The highest BCUT2D eigenvalue weighted by atomic mass is 35.5. The highest BCUT2D eigenvalue weighted by Crippen LogP contribution is 2.30. The summed E-state index contributed by atoms with van der Waals surface area (Å²) in [6.07, 6.45) is 3.97. The van der Waals surface area contributed by atoms with Gasteiger partial charge in [0.1, 0.15) is 18.1 Å². The first-order chi connectivity index (χ1) is 14.9. The zero-order valence-electron chi connectivity index (χ0n) is 19.8. The van der Waals surface area contributed by atoms with Gasteiger partial charge in [0.2, 0.25) is 5.91 Å². The standard InChI is InChI=1S/C24H33ClN2O5/c1-16(29)18-9-8-17(25)14-20(18)19(10-12-28)22(31-7)15-27(6)21(23(30)26-5)11-13-32-24(2,3)4/h8-10,12,14-15,21H,11,13H2,1-7H3,(H,26,30)/b19-10-,22-15+. The van der Waals surface area contributed by atoms with Gasteiger partial charge < -0.3 is 19.7 Å². The molecule has 1 amide bonds. The van der Waals surface area contributed by atoms with Crippen LogP contribution >= 0.6 is 11.6 Å². The van der Waals surface area contributed by atoms with E-state index in [0.29, 0.717) is 46.8 Å². The summed E-state index contributed by atoms with van der Waals surface area (Å²) in [7, 11) is 4.75. The highest BCUT2D eigenvalue weighted by molar-refractivity contribution is 6.31. The second-order valence-electron chi connectivity index (χ2n) is 8.21. The molecule has 0 aromatic heterocycles. The molecule has 1 unspecified atom stereocenters. The zero-order valence-corrected chi connectivity index (χ0v) is 20.6. The highest BCUT2D eigenvalue weighted by Gasteiger charge is 2.24. The first-order valence-corrected chi connectivity index (χ1v) is 10.6. The van der Waals surface area contributed by atoms with Crippen molar-refractivity contribution < 1.29 is 23.9 Å². The average molecular weight is 465 g/mol. The Morgan fingerprint density at radius 3 is 2.41 bits per heavy atom. The molecule has 0 fully saturated rings. The van der Waals surface area contributed by atoms with E-state index in [1.807, 2.05) is 20.8 Å². The summed E-state index contributed by atoms with van der Waals surface area (Å²) < 4.78 is 11.3. The van der Waals surface area contributed by atoms with E-state index < -0.39 is 6.04 Å². The van der Waals surface area contributed by atoms with Crippen LogP contribution in [0.1, 0.15) is 50.0 Å². The van der Waals surface area contributed by atoms with Crippen LogP contribution in [0.2, 0.25) is 5.02 Å². The average Bonchev–Trinajstić information content (AvgIpc) is 2.71. The maximum atomic E-state index is 12.5. The molecule has 0 aliphatic rings. The molecule has 8 heteroatoms. The van der Waals surface area contributed by atoms with Crippen LogP contribution in [0, 0.1) is 0 Å². The van der Waals surface area contributed by atoms with Crippen LogP contribution in [0.15, 0.2) is 36.2 Å². The molecule has 0 radical (unpaired) electrons. The third kappa shape index (κ3) is 8.13. The summed E-state index contributed by atoms with van der Waals surface area (Å²) in [4.78, 5) is 37.8. The van der Waals surface area contributed by atoms with Gasteiger partial charge in [-0.2, -0.15) is 0 Å². The van der Waals surface area contributed by atoms with Crippen molar-refractivity contribution in [3.8, 4) is 0 Å². The molecule has 0 bridgehead atoms. The number of hydrogen-bond acceptors (Lipinski definition) is 6. The van der Waals surface area contributed by atoms with Gasteiger partial charge in [0.25, 0.3) is 0 Å². The SMILES string of the molecule is CNC(=O)C(CCOC(C)(C)C)N(C)/C=C(OC)\C(=C/C=O)c1cc(Cl)ccc1C(C)=O. The van der Waals surface area contributed by atoms with Gasteiger partial charge in [-0.3, -0.25) is 14.4 Å². The van der Waals surface area contributed by atoms with Gasteiger partial charge in [-0.05, 0) is 57.5 Å². The summed E-state index contributed by atoms with van der Waals surface area (Å²) in [5, 5.41) is 3.07. The number of allylic oxidation sites excluding steroid dienone is 2. The molecule has 0 saturated heterocycles. The van der Waals surface area contributed by atoms with Crippen molar-refractivity contribution in [1.82, 2.24) is 10.2 Å². The molecule has 1 N–H and O–H groups in total. The van der Waals surface area contributed by atoms with Crippen molar-refractivity contribution in [2.45, 2.75) is 45.8 Å². The molecule has 1 aromatic carbocycles. The molecule has 0 spiro atoms. The van der Waals surface area contributed by atoms with Crippen molar-refractivity contribution in [2.24, 2.45) is 0 Å². The molecule has 0 aliphatic heterocycles. The monoisotopic (exact) mass is 464 g/mol. The van der Waals surface area contributed by atoms with Crippen LogP contribution in [0.4, 0.5) is 0 Å². The first kappa shape index (κ1) is 27.4. The van der Waals surface area contributed by atoms with E-state index in [4.69, 9.17) is 21.1 Å². The fraction of sp³-hybridized carbons (Fsp3) is 0.458. The molecule has 1 aromatic rings. The Bertz CT molecular complexity index is 887. The summed E-state index contributed by atoms with van der Waals surface area (Å²) in [5.74, 6) is -0.0698. The van der Waals surface area contributed by atoms with Gasteiger partial charge >= 0.3 is 0 Å². The van der Waals surface area contributed by atoms with Crippen LogP contribution in [-0.4, -0.2) is 62.3 Å².